The van der Waals surface area contributed by atoms with E-state index in [9.17, 15) is 13.2 Å². The van der Waals surface area contributed by atoms with Gasteiger partial charge in [-0.15, -0.1) is 0 Å². The van der Waals surface area contributed by atoms with E-state index >= 15 is 0 Å². The summed E-state index contributed by atoms with van der Waals surface area (Å²) in [4.78, 5) is 14.6. The Morgan fingerprint density at radius 2 is 1.81 bits per heavy atom. The van der Waals surface area contributed by atoms with Gasteiger partial charge in [-0.2, -0.15) is 0 Å². The lowest BCUT2D eigenvalue weighted by Gasteiger charge is -2.34. The Labute approximate surface area is 160 Å². The minimum absolute atomic E-state index is 0.0740. The van der Waals surface area contributed by atoms with Gasteiger partial charge in [0.1, 0.15) is 0 Å². The normalized spacial score (nSPS) is 17.6. The Morgan fingerprint density at radius 1 is 1.11 bits per heavy atom. The van der Waals surface area contributed by atoms with Crippen LogP contribution in [0.15, 0.2) is 47.4 Å². The number of carbonyl (C=O) groups excluding carboxylic acids is 1. The monoisotopic (exact) mass is 387 g/mol. The molecule has 1 unspecified atom stereocenters. The maximum atomic E-state index is 12.7. The highest BCUT2D eigenvalue weighted by atomic mass is 32.2. The number of piperazine rings is 1. The third-order valence-electron chi connectivity index (χ3n) is 4.93. The second-order valence-electron chi connectivity index (χ2n) is 6.98. The predicted molar refractivity (Wildman–Crippen MR) is 107 cm³/mol. The number of hydrogen-bond donors (Lipinski definition) is 2. The first-order valence-corrected chi connectivity index (χ1v) is 10.5. The maximum Gasteiger partial charge on any atom is 0.261 e. The van der Waals surface area contributed by atoms with Gasteiger partial charge in [0.05, 0.1) is 4.90 Å². The summed E-state index contributed by atoms with van der Waals surface area (Å²) in [6.07, 6.45) is 0. The summed E-state index contributed by atoms with van der Waals surface area (Å²) in [5.41, 5.74) is 3.13. The lowest BCUT2D eigenvalue weighted by molar-refractivity contribution is 0.0655. The molecule has 2 N–H and O–H groups in total. The van der Waals surface area contributed by atoms with Crippen molar-refractivity contribution in [1.82, 2.24) is 10.2 Å². The number of aryl methyl sites for hydroxylation is 2. The number of anilines is 1. The molecule has 144 valence electrons. The Morgan fingerprint density at radius 3 is 2.44 bits per heavy atom. The molecule has 1 aliphatic rings. The second-order valence-corrected chi connectivity index (χ2v) is 8.66. The van der Waals surface area contributed by atoms with E-state index in [1.807, 2.05) is 31.7 Å². The van der Waals surface area contributed by atoms with E-state index in [-0.39, 0.29) is 16.8 Å². The van der Waals surface area contributed by atoms with Crippen molar-refractivity contribution >= 4 is 21.6 Å². The predicted octanol–water partition coefficient (Wildman–Crippen LogP) is 2.54. The van der Waals surface area contributed by atoms with Crippen molar-refractivity contribution in [2.75, 3.05) is 24.4 Å². The van der Waals surface area contributed by atoms with Gasteiger partial charge in [-0.1, -0.05) is 6.07 Å². The highest BCUT2D eigenvalue weighted by molar-refractivity contribution is 7.92. The molecular weight excluding hydrogens is 362 g/mol. The van der Waals surface area contributed by atoms with Crippen LogP contribution in [-0.4, -0.2) is 44.9 Å². The lowest BCUT2D eigenvalue weighted by atomic mass is 10.1. The Balaban J connectivity index is 1.77. The van der Waals surface area contributed by atoms with Gasteiger partial charge in [0.2, 0.25) is 0 Å². The third-order valence-corrected chi connectivity index (χ3v) is 6.33. The third kappa shape index (κ3) is 4.31. The van der Waals surface area contributed by atoms with Crippen LogP contribution in [0.25, 0.3) is 0 Å². The van der Waals surface area contributed by atoms with Gasteiger partial charge in [0.15, 0.2) is 0 Å². The molecule has 0 saturated carbocycles. The molecule has 0 aromatic heterocycles. The quantitative estimate of drug-likeness (QED) is 0.845. The van der Waals surface area contributed by atoms with E-state index in [1.165, 1.54) is 12.1 Å². The van der Waals surface area contributed by atoms with Crippen molar-refractivity contribution < 1.29 is 13.2 Å². The number of sulfonamides is 1. The number of hydrogen-bond acceptors (Lipinski definition) is 4. The molecule has 0 spiro atoms. The molecule has 27 heavy (non-hydrogen) atoms. The highest BCUT2D eigenvalue weighted by Crippen LogP contribution is 2.20. The fraction of sp³-hybridized carbons (Fsp3) is 0.350. The minimum atomic E-state index is -3.71. The fourth-order valence-corrected chi connectivity index (χ4v) is 4.15. The molecule has 3 rings (SSSR count). The van der Waals surface area contributed by atoms with Crippen molar-refractivity contribution in [2.45, 2.75) is 31.7 Å². The molecule has 0 bridgehead atoms. The number of carbonyl (C=O) groups is 1. The van der Waals surface area contributed by atoms with E-state index in [2.05, 4.69) is 10.0 Å². The summed E-state index contributed by atoms with van der Waals surface area (Å²) in [6, 6.07) is 11.6. The summed E-state index contributed by atoms with van der Waals surface area (Å²) in [5.74, 6) is -0.0740. The minimum Gasteiger partial charge on any atom is -0.333 e. The van der Waals surface area contributed by atoms with Crippen LogP contribution in [0, 0.1) is 13.8 Å². The number of nitrogens with one attached hydrogen (secondary N) is 2. The van der Waals surface area contributed by atoms with Gasteiger partial charge in [0, 0.05) is 36.9 Å². The molecule has 1 atom stereocenters. The number of nitrogens with zero attached hydrogens (tertiary/aromatic N) is 1. The first kappa shape index (κ1) is 19.4. The van der Waals surface area contributed by atoms with Crippen LogP contribution in [0.5, 0.6) is 0 Å². The largest absolute Gasteiger partial charge is 0.333 e. The first-order valence-electron chi connectivity index (χ1n) is 9.00. The average Bonchev–Trinajstić information content (AvgIpc) is 2.64. The molecular formula is C20H25N3O3S. The molecule has 2 aromatic carbocycles. The molecule has 1 aliphatic heterocycles. The summed E-state index contributed by atoms with van der Waals surface area (Å²) in [7, 11) is -3.71. The summed E-state index contributed by atoms with van der Waals surface area (Å²) >= 11 is 0. The second kappa shape index (κ2) is 7.70. The summed E-state index contributed by atoms with van der Waals surface area (Å²) < 4.78 is 27.8. The maximum absolute atomic E-state index is 12.7. The zero-order chi connectivity index (χ0) is 19.6. The standard InChI is InChI=1S/C20H25N3O3S/c1-14-4-7-18(12-15(14)2)22-27(25,26)19-8-5-17(6-9-19)20(24)23-11-10-21-13-16(23)3/h4-9,12,16,21-22H,10-11,13H2,1-3H3. The SMILES string of the molecule is Cc1ccc(NS(=O)(=O)c2ccc(C(=O)N3CCNCC3C)cc2)cc1C. The summed E-state index contributed by atoms with van der Waals surface area (Å²) in [6.45, 7) is 8.08. The molecule has 1 saturated heterocycles. The van der Waals surface area contributed by atoms with Gasteiger partial charge in [0.25, 0.3) is 15.9 Å². The van der Waals surface area contributed by atoms with E-state index < -0.39 is 10.0 Å². The molecule has 2 aromatic rings. The lowest BCUT2D eigenvalue weighted by Crippen LogP contribution is -2.52. The van der Waals surface area contributed by atoms with Gasteiger partial charge in [-0.3, -0.25) is 9.52 Å². The van der Waals surface area contributed by atoms with Gasteiger partial charge in [-0.05, 0) is 68.3 Å². The van der Waals surface area contributed by atoms with Crippen molar-refractivity contribution in [3.63, 3.8) is 0 Å². The topological polar surface area (TPSA) is 78.5 Å². The smallest absolute Gasteiger partial charge is 0.261 e. The van der Waals surface area contributed by atoms with Crippen LogP contribution in [0.4, 0.5) is 5.69 Å². The van der Waals surface area contributed by atoms with Crippen molar-refractivity contribution in [2.24, 2.45) is 0 Å². The van der Waals surface area contributed by atoms with Gasteiger partial charge < -0.3 is 10.2 Å². The van der Waals surface area contributed by atoms with Crippen LogP contribution in [-0.2, 0) is 10.0 Å². The Kier molecular flexibility index (Phi) is 5.53. The molecule has 0 aliphatic carbocycles. The fourth-order valence-electron chi connectivity index (χ4n) is 3.10. The zero-order valence-electron chi connectivity index (χ0n) is 15.8. The van der Waals surface area contributed by atoms with Crippen LogP contribution >= 0.6 is 0 Å². The van der Waals surface area contributed by atoms with Crippen LogP contribution in [0.2, 0.25) is 0 Å². The van der Waals surface area contributed by atoms with Crippen molar-refractivity contribution in [1.29, 1.82) is 0 Å². The molecule has 1 fully saturated rings. The summed E-state index contributed by atoms with van der Waals surface area (Å²) in [5, 5.41) is 3.25. The molecule has 0 radical (unpaired) electrons. The van der Waals surface area contributed by atoms with E-state index in [1.54, 1.807) is 24.3 Å². The van der Waals surface area contributed by atoms with E-state index in [0.29, 0.717) is 17.8 Å². The molecule has 6 nitrogen and oxygen atoms in total. The van der Waals surface area contributed by atoms with Gasteiger partial charge >= 0.3 is 0 Å². The van der Waals surface area contributed by atoms with Crippen LogP contribution < -0.4 is 10.0 Å². The zero-order valence-corrected chi connectivity index (χ0v) is 16.6. The first-order chi connectivity index (χ1) is 12.8. The van der Waals surface area contributed by atoms with Crippen LogP contribution in [0.3, 0.4) is 0 Å². The Bertz CT molecular complexity index is 939. The average molecular weight is 388 g/mol. The van der Waals surface area contributed by atoms with Crippen LogP contribution in [0.1, 0.15) is 28.4 Å². The van der Waals surface area contributed by atoms with E-state index in [0.717, 1.165) is 24.2 Å². The van der Waals surface area contributed by atoms with Crippen molar-refractivity contribution in [3.05, 3.63) is 59.2 Å². The number of benzene rings is 2. The van der Waals surface area contributed by atoms with Crippen molar-refractivity contribution in [3.8, 4) is 0 Å². The van der Waals surface area contributed by atoms with Gasteiger partial charge in [-0.25, -0.2) is 8.42 Å². The highest BCUT2D eigenvalue weighted by Gasteiger charge is 2.24. The number of amides is 1. The number of rotatable bonds is 4. The molecule has 7 heteroatoms. The van der Waals surface area contributed by atoms with E-state index in [4.69, 9.17) is 0 Å². The Hall–Kier alpha value is -2.38. The molecule has 1 amide bonds. The molecule has 1 heterocycles.